The van der Waals surface area contributed by atoms with E-state index < -0.39 is 5.97 Å². The van der Waals surface area contributed by atoms with Crippen LogP contribution in [-0.4, -0.2) is 68.4 Å². The van der Waals surface area contributed by atoms with Gasteiger partial charge in [-0.05, 0) is 103 Å². The van der Waals surface area contributed by atoms with Gasteiger partial charge in [-0.3, -0.25) is 4.79 Å². The number of carbonyl (C=O) groups is 2. The molecule has 238 valence electrons. The van der Waals surface area contributed by atoms with Crippen LogP contribution in [0.1, 0.15) is 48.6 Å². The van der Waals surface area contributed by atoms with Crippen molar-refractivity contribution in [3.05, 3.63) is 82.4 Å². The maximum absolute atomic E-state index is 14.4. The molecule has 1 aliphatic carbocycles. The Morgan fingerprint density at radius 2 is 1.73 bits per heavy atom. The zero-order chi connectivity index (χ0) is 32.1. The van der Waals surface area contributed by atoms with Gasteiger partial charge in [0.15, 0.2) is 18.1 Å². The Labute approximate surface area is 263 Å². The lowest BCUT2D eigenvalue weighted by molar-refractivity contribution is -0.153. The molecule has 1 fully saturated rings. The summed E-state index contributed by atoms with van der Waals surface area (Å²) in [5.74, 6) is 0.0832. The highest BCUT2D eigenvalue weighted by Gasteiger charge is 2.27. The minimum Gasteiger partial charge on any atom is -0.493 e. The van der Waals surface area contributed by atoms with Crippen molar-refractivity contribution < 1.29 is 32.9 Å². The number of esters is 1. The highest BCUT2D eigenvalue weighted by Crippen LogP contribution is 2.45. The predicted octanol–water partition coefficient (Wildman–Crippen LogP) is 5.23. The van der Waals surface area contributed by atoms with Crippen LogP contribution in [-0.2, 0) is 27.9 Å². The number of hydrogen-bond acceptors (Lipinski definition) is 7. The van der Waals surface area contributed by atoms with E-state index in [2.05, 4.69) is 10.2 Å². The van der Waals surface area contributed by atoms with Gasteiger partial charge in [0, 0.05) is 32.0 Å². The quantitative estimate of drug-likeness (QED) is 0.295. The van der Waals surface area contributed by atoms with Gasteiger partial charge in [-0.15, -0.1) is 0 Å². The first-order valence-electron chi connectivity index (χ1n) is 15.0. The van der Waals surface area contributed by atoms with Crippen LogP contribution in [0, 0.1) is 5.82 Å². The number of allylic oxidation sites excluding steroid dienone is 2. The van der Waals surface area contributed by atoms with Crippen molar-refractivity contribution in [3.8, 4) is 17.2 Å². The van der Waals surface area contributed by atoms with E-state index >= 15 is 0 Å². The molecule has 1 saturated heterocycles. The summed E-state index contributed by atoms with van der Waals surface area (Å²) in [5.41, 5.74) is 5.74. The van der Waals surface area contributed by atoms with Gasteiger partial charge in [0.2, 0.25) is 11.7 Å². The lowest BCUT2D eigenvalue weighted by atomic mass is 10.00. The van der Waals surface area contributed by atoms with Crippen molar-refractivity contribution in [1.82, 2.24) is 14.8 Å². The van der Waals surface area contributed by atoms with E-state index in [1.165, 1.54) is 26.4 Å². The molecule has 0 bridgehead atoms. The summed E-state index contributed by atoms with van der Waals surface area (Å²) < 4.78 is 39.1. The molecule has 5 rings (SSSR count). The number of fused-ring (bicyclic) bond motifs is 1. The maximum atomic E-state index is 14.4. The van der Waals surface area contributed by atoms with Crippen molar-refractivity contribution in [1.29, 1.82) is 0 Å². The number of benzene rings is 2. The highest BCUT2D eigenvalue weighted by atomic mass is 19.1. The van der Waals surface area contributed by atoms with Crippen LogP contribution in [0.25, 0.3) is 17.2 Å². The zero-order valence-corrected chi connectivity index (χ0v) is 26.4. The summed E-state index contributed by atoms with van der Waals surface area (Å²) in [4.78, 5) is 27.8. The van der Waals surface area contributed by atoms with E-state index in [4.69, 9.17) is 18.9 Å². The normalized spacial score (nSPS) is 16.1. The molecule has 10 heteroatoms. The highest BCUT2D eigenvalue weighted by molar-refractivity contribution is 6.08. The first-order chi connectivity index (χ1) is 21.7. The second-order valence-corrected chi connectivity index (χ2v) is 11.5. The van der Waals surface area contributed by atoms with Gasteiger partial charge in [0.25, 0.3) is 0 Å². The van der Waals surface area contributed by atoms with E-state index in [9.17, 15) is 14.0 Å². The van der Waals surface area contributed by atoms with Gasteiger partial charge < -0.3 is 33.7 Å². The van der Waals surface area contributed by atoms with Crippen molar-refractivity contribution in [2.45, 2.75) is 38.8 Å². The summed E-state index contributed by atoms with van der Waals surface area (Å²) in [6.45, 7) is 3.82. The number of methoxy groups -OCH3 is 2. The third-order valence-corrected chi connectivity index (χ3v) is 8.40. The molecule has 0 atom stereocenters. The smallest absolute Gasteiger partial charge is 0.344 e. The van der Waals surface area contributed by atoms with Gasteiger partial charge >= 0.3 is 5.97 Å². The van der Waals surface area contributed by atoms with Crippen molar-refractivity contribution in [2.75, 3.05) is 41.0 Å². The molecule has 1 N–H and O–H groups in total. The number of halogens is 1. The molecule has 9 nitrogen and oxygen atoms in total. The number of likely N-dealkylation sites (tertiary alicyclic amines) is 1. The lowest BCUT2D eigenvalue weighted by Gasteiger charge is -2.28. The molecule has 1 amide bonds. The third-order valence-electron chi connectivity index (χ3n) is 8.40. The Balaban J connectivity index is 1.36. The SMILES string of the molecule is COc1cc(C=C2C(C)=C(CC(=O)NCc3cccn3C)c3cc(F)ccc32)cc(OC)c1OCC(=O)OC1CCN(C)CC1. The van der Waals surface area contributed by atoms with Crippen molar-refractivity contribution >= 4 is 29.1 Å². The van der Waals surface area contributed by atoms with E-state index in [1.807, 2.05) is 50.0 Å². The molecule has 1 aliphatic heterocycles. The second kappa shape index (κ2) is 14.0. The fraction of sp³-hybridized carbons (Fsp3) is 0.371. The third kappa shape index (κ3) is 7.39. The van der Waals surface area contributed by atoms with Gasteiger partial charge in [0.05, 0.1) is 27.2 Å². The van der Waals surface area contributed by atoms with E-state index in [0.717, 1.165) is 59.5 Å². The summed E-state index contributed by atoms with van der Waals surface area (Å²) in [7, 11) is 7.00. The van der Waals surface area contributed by atoms with Crippen LogP contribution in [0.3, 0.4) is 0 Å². The molecule has 2 aromatic carbocycles. The summed E-state index contributed by atoms with van der Waals surface area (Å²) >= 11 is 0. The van der Waals surface area contributed by atoms with Crippen molar-refractivity contribution in [3.63, 3.8) is 0 Å². The van der Waals surface area contributed by atoms with E-state index in [0.29, 0.717) is 29.4 Å². The number of amides is 1. The maximum Gasteiger partial charge on any atom is 0.344 e. The molecular weight excluding hydrogens is 577 g/mol. The first kappa shape index (κ1) is 31.8. The number of nitrogens with zero attached hydrogens (tertiary/aromatic N) is 2. The van der Waals surface area contributed by atoms with Crippen LogP contribution in [0.5, 0.6) is 17.2 Å². The zero-order valence-electron chi connectivity index (χ0n) is 26.4. The summed E-state index contributed by atoms with van der Waals surface area (Å²) in [5, 5.41) is 2.98. The number of piperidine rings is 1. The fourth-order valence-electron chi connectivity index (χ4n) is 5.82. The molecule has 2 aliphatic rings. The number of aromatic nitrogens is 1. The largest absolute Gasteiger partial charge is 0.493 e. The average molecular weight is 618 g/mol. The fourth-order valence-corrected chi connectivity index (χ4v) is 5.82. The van der Waals surface area contributed by atoms with E-state index in [-0.39, 0.29) is 30.9 Å². The molecule has 0 radical (unpaired) electrons. The Morgan fingerprint density at radius 3 is 2.38 bits per heavy atom. The average Bonchev–Trinajstić information content (AvgIpc) is 3.55. The molecule has 3 aromatic rings. The number of rotatable bonds is 11. The minimum absolute atomic E-state index is 0.108. The van der Waals surface area contributed by atoms with Crippen LogP contribution < -0.4 is 19.5 Å². The number of ether oxygens (including phenoxy) is 4. The molecule has 45 heavy (non-hydrogen) atoms. The summed E-state index contributed by atoms with van der Waals surface area (Å²) in [6.07, 6.45) is 5.45. The molecule has 2 heterocycles. The molecule has 0 spiro atoms. The van der Waals surface area contributed by atoms with Gasteiger partial charge in [-0.25, -0.2) is 9.18 Å². The first-order valence-corrected chi connectivity index (χ1v) is 15.0. The molecule has 0 saturated carbocycles. The molecular formula is C35H40FN3O6. The Kier molecular flexibility index (Phi) is 9.93. The van der Waals surface area contributed by atoms with E-state index in [1.54, 1.807) is 18.2 Å². The Hall–Kier alpha value is -4.57. The van der Waals surface area contributed by atoms with Crippen LogP contribution >= 0.6 is 0 Å². The van der Waals surface area contributed by atoms with Crippen LogP contribution in [0.4, 0.5) is 4.39 Å². The van der Waals surface area contributed by atoms with Gasteiger partial charge in [-0.2, -0.15) is 0 Å². The van der Waals surface area contributed by atoms with Crippen molar-refractivity contribution in [2.24, 2.45) is 7.05 Å². The minimum atomic E-state index is -0.448. The Morgan fingerprint density at radius 1 is 1.02 bits per heavy atom. The van der Waals surface area contributed by atoms with Gasteiger partial charge in [-0.1, -0.05) is 6.07 Å². The lowest BCUT2D eigenvalue weighted by Crippen LogP contribution is -2.36. The number of hydrogen-bond donors (Lipinski definition) is 1. The Bertz CT molecular complexity index is 1610. The predicted molar refractivity (Wildman–Crippen MR) is 170 cm³/mol. The number of nitrogens with one attached hydrogen (secondary N) is 1. The van der Waals surface area contributed by atoms with Crippen LogP contribution in [0.15, 0.2) is 54.2 Å². The molecule has 1 aromatic heterocycles. The summed E-state index contributed by atoms with van der Waals surface area (Å²) in [6, 6.07) is 12.1. The standard InChI is InChI=1S/C35H40FN3O6/c1-22-28(27-9-8-24(36)18-30(27)29(22)19-33(40)37-20-25-7-6-12-39(25)3)15-23-16-31(42-4)35(32(17-23)43-5)44-21-34(41)45-26-10-13-38(2)14-11-26/h6-9,12,15-18,26H,10-11,13-14,19-21H2,1-5H3,(H,37,40). The molecule has 0 unspecified atom stereocenters. The monoisotopic (exact) mass is 617 g/mol. The van der Waals surface area contributed by atoms with Crippen LogP contribution in [0.2, 0.25) is 0 Å². The topological polar surface area (TPSA) is 91.3 Å². The number of carbonyl (C=O) groups excluding carboxylic acids is 2. The second-order valence-electron chi connectivity index (χ2n) is 11.5. The number of aryl methyl sites for hydroxylation is 1. The van der Waals surface area contributed by atoms with Gasteiger partial charge in [0.1, 0.15) is 11.9 Å².